The molecule has 1 heterocycles. The van der Waals surface area contributed by atoms with Gasteiger partial charge in [-0.3, -0.25) is 4.79 Å². The van der Waals surface area contributed by atoms with Crippen molar-refractivity contribution in [3.8, 4) is 0 Å². The number of carbonyl (C=O) groups is 2. The van der Waals surface area contributed by atoms with Crippen LogP contribution in [0, 0.1) is 11.8 Å². The normalized spacial score (nSPS) is 14.7. The molecule has 1 aliphatic heterocycles. The van der Waals surface area contributed by atoms with Gasteiger partial charge in [-0.2, -0.15) is 0 Å². The lowest BCUT2D eigenvalue weighted by molar-refractivity contribution is -0.121. The van der Waals surface area contributed by atoms with Gasteiger partial charge in [0.05, 0.1) is 10.7 Å². The van der Waals surface area contributed by atoms with Crippen molar-refractivity contribution in [2.45, 2.75) is 13.5 Å². The zero-order valence-electron chi connectivity index (χ0n) is 15.1. The van der Waals surface area contributed by atoms with Gasteiger partial charge in [-0.1, -0.05) is 42.8 Å². The maximum atomic E-state index is 12.3. The quantitative estimate of drug-likeness (QED) is 0.613. The van der Waals surface area contributed by atoms with Gasteiger partial charge in [0.15, 0.2) is 0 Å². The summed E-state index contributed by atoms with van der Waals surface area (Å²) in [6.45, 7) is 4.06. The summed E-state index contributed by atoms with van der Waals surface area (Å²) < 4.78 is 0. The largest absolute Gasteiger partial charge is 0.334 e. The number of urea groups is 1. The number of rotatable bonds is 6. The van der Waals surface area contributed by atoms with Crippen molar-refractivity contribution in [2.75, 3.05) is 23.7 Å². The molecule has 0 aliphatic carbocycles. The van der Waals surface area contributed by atoms with Gasteiger partial charge >= 0.3 is 6.03 Å². The van der Waals surface area contributed by atoms with Crippen molar-refractivity contribution in [3.05, 3.63) is 59.1 Å². The van der Waals surface area contributed by atoms with E-state index in [9.17, 15) is 9.59 Å². The topological polar surface area (TPSA) is 82.3 Å². The van der Waals surface area contributed by atoms with Crippen LogP contribution in [0.2, 0.25) is 5.02 Å². The van der Waals surface area contributed by atoms with Crippen molar-refractivity contribution in [1.29, 1.82) is 0 Å². The Bertz CT molecular complexity index is 823. The first-order chi connectivity index (χ1) is 13.0. The fourth-order valence-corrected chi connectivity index (χ4v) is 2.99. The van der Waals surface area contributed by atoms with Gasteiger partial charge in [-0.25, -0.2) is 4.79 Å². The van der Waals surface area contributed by atoms with Gasteiger partial charge in [-0.05, 0) is 48.8 Å². The Balaban J connectivity index is 1.52. The lowest BCUT2D eigenvalue weighted by Gasteiger charge is -2.31. The second-order valence-corrected chi connectivity index (χ2v) is 7.09. The molecule has 0 bridgehead atoms. The van der Waals surface area contributed by atoms with Crippen molar-refractivity contribution in [2.24, 2.45) is 11.8 Å². The number of amides is 3. The molecule has 142 valence electrons. The Morgan fingerprint density at radius 3 is 2.63 bits per heavy atom. The van der Waals surface area contributed by atoms with Gasteiger partial charge in [0.2, 0.25) is 5.91 Å². The molecule has 3 rings (SSSR count). The Morgan fingerprint density at radius 1 is 1.15 bits per heavy atom. The van der Waals surface area contributed by atoms with E-state index in [1.807, 2.05) is 31.2 Å². The highest BCUT2D eigenvalue weighted by Gasteiger charge is 2.28. The standard InChI is InChI=1S/C20H23ClN4O2/c1-13(15-11-22-12-15)19(26)24-16-6-4-5-14(9-16)10-23-20(27)25-18-8-3-2-7-17(18)21/h2-9,13,15,22H,10-12H2,1H3,(H,24,26)(H2,23,25,27). The number of para-hydroxylation sites is 1. The maximum Gasteiger partial charge on any atom is 0.319 e. The number of halogens is 1. The smallest absolute Gasteiger partial charge is 0.319 e. The molecule has 2 aromatic rings. The second-order valence-electron chi connectivity index (χ2n) is 6.68. The minimum Gasteiger partial charge on any atom is -0.334 e. The number of carbonyl (C=O) groups excluding carboxylic acids is 2. The van der Waals surface area contributed by atoms with Crippen LogP contribution in [0.15, 0.2) is 48.5 Å². The fraction of sp³-hybridized carbons (Fsp3) is 0.300. The van der Waals surface area contributed by atoms with E-state index in [1.165, 1.54) is 0 Å². The van der Waals surface area contributed by atoms with Crippen LogP contribution >= 0.6 is 11.6 Å². The lowest BCUT2D eigenvalue weighted by Crippen LogP contribution is -2.48. The molecule has 27 heavy (non-hydrogen) atoms. The molecule has 0 spiro atoms. The number of anilines is 2. The van der Waals surface area contributed by atoms with Gasteiger partial charge in [0.25, 0.3) is 0 Å². The van der Waals surface area contributed by atoms with Crippen LogP contribution in [0.5, 0.6) is 0 Å². The Kier molecular flexibility index (Phi) is 6.32. The van der Waals surface area contributed by atoms with Crippen molar-refractivity contribution < 1.29 is 9.59 Å². The highest BCUT2D eigenvalue weighted by Crippen LogP contribution is 2.21. The summed E-state index contributed by atoms with van der Waals surface area (Å²) in [5.74, 6) is 0.376. The molecule has 1 saturated heterocycles. The molecule has 3 amide bonds. The third kappa shape index (κ3) is 5.21. The molecule has 1 unspecified atom stereocenters. The highest BCUT2D eigenvalue weighted by atomic mass is 35.5. The minimum atomic E-state index is -0.344. The molecule has 6 nitrogen and oxygen atoms in total. The molecule has 1 atom stereocenters. The van der Waals surface area contributed by atoms with Gasteiger partial charge < -0.3 is 21.3 Å². The number of nitrogens with one attached hydrogen (secondary N) is 4. The van der Waals surface area contributed by atoms with Gasteiger partial charge in [0.1, 0.15) is 0 Å². The van der Waals surface area contributed by atoms with E-state index in [-0.39, 0.29) is 17.9 Å². The molecule has 1 aliphatic rings. The summed E-state index contributed by atoms with van der Waals surface area (Å²) in [6.07, 6.45) is 0. The lowest BCUT2D eigenvalue weighted by atomic mass is 9.88. The Hall–Kier alpha value is -2.57. The monoisotopic (exact) mass is 386 g/mol. The van der Waals surface area contributed by atoms with E-state index in [4.69, 9.17) is 11.6 Å². The van der Waals surface area contributed by atoms with E-state index in [1.54, 1.807) is 24.3 Å². The molecular formula is C20H23ClN4O2. The molecule has 0 aromatic heterocycles. The van der Waals surface area contributed by atoms with Crippen LogP contribution in [-0.2, 0) is 11.3 Å². The maximum absolute atomic E-state index is 12.3. The molecule has 2 aromatic carbocycles. The predicted molar refractivity (Wildman–Crippen MR) is 108 cm³/mol. The minimum absolute atomic E-state index is 0.0167. The number of hydrogen-bond donors (Lipinski definition) is 4. The van der Waals surface area contributed by atoms with Crippen LogP contribution < -0.4 is 21.3 Å². The van der Waals surface area contributed by atoms with Crippen molar-refractivity contribution in [3.63, 3.8) is 0 Å². The first-order valence-electron chi connectivity index (χ1n) is 8.93. The number of benzene rings is 2. The summed E-state index contributed by atoms with van der Waals surface area (Å²) in [6, 6.07) is 14.2. The van der Waals surface area contributed by atoms with E-state index in [0.29, 0.717) is 23.2 Å². The zero-order valence-corrected chi connectivity index (χ0v) is 15.8. The molecule has 1 fully saturated rings. The van der Waals surface area contributed by atoms with Crippen molar-refractivity contribution >= 4 is 34.9 Å². The highest BCUT2D eigenvalue weighted by molar-refractivity contribution is 6.33. The first-order valence-corrected chi connectivity index (χ1v) is 9.30. The average Bonchev–Trinajstić information content (AvgIpc) is 2.61. The van der Waals surface area contributed by atoms with Crippen molar-refractivity contribution in [1.82, 2.24) is 10.6 Å². The zero-order chi connectivity index (χ0) is 19.2. The fourth-order valence-electron chi connectivity index (χ4n) is 2.81. The van der Waals surface area contributed by atoms with Crippen LogP contribution in [0.25, 0.3) is 0 Å². The molecular weight excluding hydrogens is 364 g/mol. The van der Waals surface area contributed by atoms with Crippen LogP contribution in [0.3, 0.4) is 0 Å². The summed E-state index contributed by atoms with van der Waals surface area (Å²) in [5.41, 5.74) is 2.17. The molecule has 0 radical (unpaired) electrons. The molecule has 4 N–H and O–H groups in total. The SMILES string of the molecule is CC(C(=O)Nc1cccc(CNC(=O)Nc2ccccc2Cl)c1)C1CNC1. The van der Waals surface area contributed by atoms with Crippen LogP contribution in [0.4, 0.5) is 16.2 Å². The Labute approximate surface area is 163 Å². The summed E-state index contributed by atoms with van der Waals surface area (Å²) >= 11 is 6.03. The third-order valence-electron chi connectivity index (χ3n) is 4.70. The van der Waals surface area contributed by atoms with E-state index >= 15 is 0 Å². The predicted octanol–water partition coefficient (Wildman–Crippen LogP) is 3.46. The first kappa shape index (κ1) is 19.2. The third-order valence-corrected chi connectivity index (χ3v) is 5.03. The summed E-state index contributed by atoms with van der Waals surface area (Å²) in [7, 11) is 0. The van der Waals surface area contributed by atoms with Gasteiger partial charge in [0, 0.05) is 18.2 Å². The number of hydrogen-bond acceptors (Lipinski definition) is 3. The Morgan fingerprint density at radius 2 is 1.93 bits per heavy atom. The second kappa shape index (κ2) is 8.88. The molecule has 0 saturated carbocycles. The average molecular weight is 387 g/mol. The van der Waals surface area contributed by atoms with Crippen LogP contribution in [-0.4, -0.2) is 25.0 Å². The summed E-state index contributed by atoms with van der Waals surface area (Å²) in [5, 5.41) is 12.1. The molecule has 7 heteroatoms. The summed E-state index contributed by atoms with van der Waals surface area (Å²) in [4.78, 5) is 24.4. The van der Waals surface area contributed by atoms with E-state index < -0.39 is 0 Å². The van der Waals surface area contributed by atoms with E-state index in [2.05, 4.69) is 21.3 Å². The van der Waals surface area contributed by atoms with Gasteiger partial charge in [-0.15, -0.1) is 0 Å². The van der Waals surface area contributed by atoms with Crippen LogP contribution in [0.1, 0.15) is 12.5 Å². The van der Waals surface area contributed by atoms with E-state index in [0.717, 1.165) is 24.3 Å².